The van der Waals surface area contributed by atoms with Crippen LogP contribution in [0.25, 0.3) is 21.3 Å². The van der Waals surface area contributed by atoms with Crippen molar-refractivity contribution in [2.75, 3.05) is 5.32 Å². The number of benzene rings is 3. The van der Waals surface area contributed by atoms with E-state index in [1.54, 1.807) is 32.9 Å². The summed E-state index contributed by atoms with van der Waals surface area (Å²) in [6.45, 7) is 5.33. The monoisotopic (exact) mass is 509 g/mol. The van der Waals surface area contributed by atoms with E-state index in [-0.39, 0.29) is 7.43 Å². The molecule has 0 saturated heterocycles. The number of aliphatic carboxylic acids is 1. The maximum absolute atomic E-state index is 12.6. The minimum Gasteiger partial charge on any atom is -0.480 e. The van der Waals surface area contributed by atoms with Crippen molar-refractivity contribution in [3.63, 3.8) is 0 Å². The maximum Gasteiger partial charge on any atom is 0.326 e. The predicted octanol–water partition coefficient (Wildman–Crippen LogP) is 7.23. The second-order valence-electron chi connectivity index (χ2n) is 9.02. The molecule has 0 aliphatic rings. The second-order valence-corrected chi connectivity index (χ2v) is 10.5. The first-order chi connectivity index (χ1) is 16.1. The molecule has 0 saturated carbocycles. The highest BCUT2D eigenvalue weighted by molar-refractivity contribution is 7.22. The van der Waals surface area contributed by atoms with Crippen LogP contribution < -0.4 is 10.6 Å². The number of thiazole rings is 1. The van der Waals surface area contributed by atoms with E-state index in [4.69, 9.17) is 11.6 Å². The molecule has 0 fully saturated rings. The molecule has 0 bridgehead atoms. The zero-order valence-corrected chi connectivity index (χ0v) is 20.5. The minimum atomic E-state index is -1.05. The molecule has 0 unspecified atom stereocenters. The molecule has 3 N–H and O–H groups in total. The van der Waals surface area contributed by atoms with Gasteiger partial charge in [0.15, 0.2) is 5.13 Å². The van der Waals surface area contributed by atoms with Gasteiger partial charge in [-0.3, -0.25) is 4.79 Å². The first-order valence-electron chi connectivity index (χ1n) is 10.7. The Morgan fingerprint density at radius 1 is 0.971 bits per heavy atom. The lowest BCUT2D eigenvalue weighted by Crippen LogP contribution is -2.49. The third-order valence-electron chi connectivity index (χ3n) is 5.36. The van der Waals surface area contributed by atoms with Crippen LogP contribution in [0, 0.1) is 5.41 Å². The number of nitrogens with one attached hydrogen (secondary N) is 2. The van der Waals surface area contributed by atoms with Crippen molar-refractivity contribution in [1.82, 2.24) is 10.3 Å². The molecule has 3 aromatic carbocycles. The van der Waals surface area contributed by atoms with Crippen molar-refractivity contribution in [3.05, 3.63) is 77.3 Å². The average Bonchev–Trinajstić information content (AvgIpc) is 3.18. The number of anilines is 2. The van der Waals surface area contributed by atoms with Gasteiger partial charge in [-0.1, -0.05) is 75.4 Å². The zero-order valence-electron chi connectivity index (χ0n) is 18.9. The molecule has 0 aliphatic carbocycles. The number of hydrogen-bond acceptors (Lipinski definition) is 5. The summed E-state index contributed by atoms with van der Waals surface area (Å²) < 4.78 is 1.02. The molecule has 8 heteroatoms. The second kappa shape index (κ2) is 10.5. The summed E-state index contributed by atoms with van der Waals surface area (Å²) in [6.07, 6.45) is 0. The van der Waals surface area contributed by atoms with Gasteiger partial charge in [-0.15, -0.1) is 0 Å². The number of fused-ring (bicyclic) bond motifs is 1. The van der Waals surface area contributed by atoms with Crippen molar-refractivity contribution < 1.29 is 14.7 Å². The summed E-state index contributed by atoms with van der Waals surface area (Å²) >= 11 is 7.59. The molecule has 0 aliphatic heterocycles. The SMILES string of the molecule is C.CC(C)(C)[C@H](NC(=O)c1ccc(-c2ccc(Nc3nc4ccc(Cl)cc4s3)cc2)cc1)C(=O)O. The predicted molar refractivity (Wildman–Crippen MR) is 145 cm³/mol. The van der Waals surface area contributed by atoms with Crippen LogP contribution in [-0.2, 0) is 4.79 Å². The Morgan fingerprint density at radius 3 is 2.14 bits per heavy atom. The van der Waals surface area contributed by atoms with Crippen LogP contribution in [0.2, 0.25) is 5.02 Å². The summed E-state index contributed by atoms with van der Waals surface area (Å²) in [7, 11) is 0. The Balaban J connectivity index is 0.00000342. The Morgan fingerprint density at radius 2 is 1.57 bits per heavy atom. The van der Waals surface area contributed by atoms with Crippen molar-refractivity contribution in [3.8, 4) is 11.1 Å². The number of nitrogens with zero attached hydrogens (tertiary/aromatic N) is 1. The summed E-state index contributed by atoms with van der Waals surface area (Å²) in [5.74, 6) is -1.47. The summed E-state index contributed by atoms with van der Waals surface area (Å²) in [5, 5.41) is 16.8. The quantitative estimate of drug-likeness (QED) is 0.255. The third kappa shape index (κ3) is 6.18. The maximum atomic E-state index is 12.6. The van der Waals surface area contributed by atoms with Gasteiger partial charge in [0.1, 0.15) is 6.04 Å². The van der Waals surface area contributed by atoms with Crippen LogP contribution in [0.15, 0.2) is 66.7 Å². The fourth-order valence-corrected chi connectivity index (χ4v) is 4.66. The van der Waals surface area contributed by atoms with E-state index in [0.29, 0.717) is 10.6 Å². The van der Waals surface area contributed by atoms with Crippen molar-refractivity contribution in [2.24, 2.45) is 5.41 Å². The number of carboxylic acids is 1. The summed E-state index contributed by atoms with van der Waals surface area (Å²) in [4.78, 5) is 28.7. The van der Waals surface area contributed by atoms with E-state index in [0.717, 1.165) is 32.2 Å². The molecule has 0 spiro atoms. The lowest BCUT2D eigenvalue weighted by molar-refractivity contribution is -0.142. The van der Waals surface area contributed by atoms with Gasteiger partial charge in [-0.2, -0.15) is 0 Å². The van der Waals surface area contributed by atoms with Crippen LogP contribution in [0.4, 0.5) is 10.8 Å². The van der Waals surface area contributed by atoms with Crippen LogP contribution in [-0.4, -0.2) is 28.0 Å². The van der Waals surface area contributed by atoms with E-state index < -0.39 is 23.3 Å². The number of carboxylic acid groups (broad SMARTS) is 1. The number of hydrogen-bond donors (Lipinski definition) is 3. The van der Waals surface area contributed by atoms with Crippen LogP contribution in [0.5, 0.6) is 0 Å². The van der Waals surface area contributed by atoms with Crippen LogP contribution in [0.1, 0.15) is 38.6 Å². The van der Waals surface area contributed by atoms with Crippen LogP contribution >= 0.6 is 22.9 Å². The molecule has 182 valence electrons. The standard InChI is InChI=1S/C26H24ClN3O3S.CH4/c1-26(2,3)22(24(32)33)30-23(31)17-6-4-15(5-7-17)16-8-11-19(12-9-16)28-25-29-20-13-10-18(27)14-21(20)34-25;/h4-14,22H,1-3H3,(H,28,29)(H,30,31)(H,32,33);1H4/t22-;/m1./s1. The molecule has 4 aromatic rings. The average molecular weight is 510 g/mol. The molecule has 35 heavy (non-hydrogen) atoms. The highest BCUT2D eigenvalue weighted by Gasteiger charge is 2.32. The normalized spacial score (nSPS) is 12.0. The fraction of sp³-hybridized carbons (Fsp3) is 0.222. The molecule has 6 nitrogen and oxygen atoms in total. The Kier molecular flexibility index (Phi) is 7.83. The summed E-state index contributed by atoms with van der Waals surface area (Å²) in [5.41, 5.74) is 3.56. The van der Waals surface area contributed by atoms with Crippen LogP contribution in [0.3, 0.4) is 0 Å². The Bertz CT molecular complexity index is 1340. The largest absolute Gasteiger partial charge is 0.480 e. The molecular formula is C27H28ClN3O3S. The van der Waals surface area contributed by atoms with Gasteiger partial charge in [0.05, 0.1) is 10.2 Å². The van der Waals surface area contributed by atoms with Gasteiger partial charge in [-0.05, 0) is 59.0 Å². The van der Waals surface area contributed by atoms with Gasteiger partial charge in [0, 0.05) is 16.3 Å². The molecular weight excluding hydrogens is 482 g/mol. The number of carbonyl (C=O) groups is 2. The van der Waals surface area contributed by atoms with Gasteiger partial charge in [0.2, 0.25) is 0 Å². The Labute approximate surface area is 214 Å². The van der Waals surface area contributed by atoms with E-state index in [9.17, 15) is 14.7 Å². The molecule has 4 rings (SSSR count). The molecule has 0 radical (unpaired) electrons. The number of rotatable bonds is 6. The van der Waals surface area contributed by atoms with E-state index in [1.165, 1.54) is 11.3 Å². The number of amides is 1. The molecule has 1 heterocycles. The third-order valence-corrected chi connectivity index (χ3v) is 6.52. The van der Waals surface area contributed by atoms with E-state index in [2.05, 4.69) is 15.6 Å². The lowest BCUT2D eigenvalue weighted by atomic mass is 9.86. The number of aromatic nitrogens is 1. The number of carbonyl (C=O) groups excluding carboxylic acids is 1. The van der Waals surface area contributed by atoms with E-state index in [1.807, 2.05) is 54.6 Å². The molecule has 1 aromatic heterocycles. The highest BCUT2D eigenvalue weighted by atomic mass is 35.5. The van der Waals surface area contributed by atoms with Gasteiger partial charge >= 0.3 is 5.97 Å². The lowest BCUT2D eigenvalue weighted by Gasteiger charge is -2.27. The van der Waals surface area contributed by atoms with Gasteiger partial charge < -0.3 is 15.7 Å². The number of halogens is 1. The fourth-order valence-electron chi connectivity index (χ4n) is 3.50. The first-order valence-corrected chi connectivity index (χ1v) is 11.9. The Hall–Kier alpha value is -3.42. The summed E-state index contributed by atoms with van der Waals surface area (Å²) in [6, 6.07) is 19.7. The molecule has 1 amide bonds. The van der Waals surface area contributed by atoms with Crippen molar-refractivity contribution in [1.29, 1.82) is 0 Å². The van der Waals surface area contributed by atoms with Crippen molar-refractivity contribution in [2.45, 2.75) is 34.2 Å². The highest BCUT2D eigenvalue weighted by Crippen LogP contribution is 2.31. The minimum absolute atomic E-state index is 0. The zero-order chi connectivity index (χ0) is 24.5. The molecule has 1 atom stereocenters. The van der Waals surface area contributed by atoms with Gasteiger partial charge in [0.25, 0.3) is 5.91 Å². The van der Waals surface area contributed by atoms with E-state index >= 15 is 0 Å². The van der Waals surface area contributed by atoms with Crippen molar-refractivity contribution >= 4 is 55.8 Å². The smallest absolute Gasteiger partial charge is 0.326 e. The first kappa shape index (κ1) is 26.2. The van der Waals surface area contributed by atoms with Gasteiger partial charge in [-0.25, -0.2) is 9.78 Å². The topological polar surface area (TPSA) is 91.3 Å².